The molecule has 0 atom stereocenters. The Kier molecular flexibility index (Phi) is 0.961. The average molecular weight is 150 g/mol. The van der Waals surface area contributed by atoms with Crippen molar-refractivity contribution in [2.45, 2.75) is 38.5 Å². The highest BCUT2D eigenvalue weighted by Gasteiger charge is 2.60. The Labute approximate surface area is 67.2 Å². The van der Waals surface area contributed by atoms with Crippen molar-refractivity contribution in [2.24, 2.45) is 17.3 Å². The molecule has 0 aromatic rings. The van der Waals surface area contributed by atoms with Gasteiger partial charge in [0.05, 0.1) is 0 Å². The molecule has 0 aromatic carbocycles. The van der Waals surface area contributed by atoms with Crippen LogP contribution in [0, 0.1) is 17.3 Å². The van der Waals surface area contributed by atoms with E-state index >= 15 is 0 Å². The number of hydrogen-bond donors (Lipinski definition) is 0. The van der Waals surface area contributed by atoms with Crippen molar-refractivity contribution < 1.29 is 4.79 Å². The van der Waals surface area contributed by atoms with E-state index in [9.17, 15) is 4.79 Å². The lowest BCUT2D eigenvalue weighted by molar-refractivity contribution is -0.135. The predicted octanol–water partition coefficient (Wildman–Crippen LogP) is 2.16. The number of Topliss-reactive ketones (excluding diaryl/α,β-unsaturated/α-hetero) is 1. The van der Waals surface area contributed by atoms with E-state index in [1.165, 1.54) is 25.7 Å². The van der Waals surface area contributed by atoms with Crippen molar-refractivity contribution in [1.29, 1.82) is 0 Å². The highest BCUT2D eigenvalue weighted by Crippen LogP contribution is 2.65. The number of ketones is 1. The SMILES string of the molecule is O=C1CC(C2CC2)(C2CC2)C1. The van der Waals surface area contributed by atoms with E-state index in [0.717, 1.165) is 24.7 Å². The van der Waals surface area contributed by atoms with Gasteiger partial charge in [-0.1, -0.05) is 0 Å². The molecule has 0 saturated heterocycles. The Hall–Kier alpha value is -0.330. The molecule has 1 heteroatoms. The lowest BCUT2D eigenvalue weighted by Crippen LogP contribution is -2.41. The van der Waals surface area contributed by atoms with Gasteiger partial charge in [0.15, 0.2) is 0 Å². The van der Waals surface area contributed by atoms with E-state index in [-0.39, 0.29) is 0 Å². The molecule has 1 nitrogen and oxygen atoms in total. The van der Waals surface area contributed by atoms with Crippen LogP contribution in [0.4, 0.5) is 0 Å². The second-order valence-corrected chi connectivity index (χ2v) is 4.67. The van der Waals surface area contributed by atoms with Crippen LogP contribution in [0.2, 0.25) is 0 Å². The molecule has 0 unspecified atom stereocenters. The molecule has 3 rings (SSSR count). The third-order valence-corrected chi connectivity index (χ3v) is 3.83. The molecular weight excluding hydrogens is 136 g/mol. The first-order valence-electron chi connectivity index (χ1n) is 4.83. The standard InChI is InChI=1S/C10H14O/c11-9-5-10(6-9,7-1-2-7)8-3-4-8/h7-8H,1-6H2. The summed E-state index contributed by atoms with van der Waals surface area (Å²) < 4.78 is 0. The molecule has 0 aliphatic heterocycles. The summed E-state index contributed by atoms with van der Waals surface area (Å²) in [7, 11) is 0. The van der Waals surface area contributed by atoms with Crippen molar-refractivity contribution in [3.8, 4) is 0 Å². The van der Waals surface area contributed by atoms with Crippen LogP contribution in [0.3, 0.4) is 0 Å². The van der Waals surface area contributed by atoms with Gasteiger partial charge < -0.3 is 0 Å². The summed E-state index contributed by atoms with van der Waals surface area (Å²) in [5.41, 5.74) is 0.567. The van der Waals surface area contributed by atoms with E-state index in [0.29, 0.717) is 11.2 Å². The van der Waals surface area contributed by atoms with Crippen LogP contribution in [0.15, 0.2) is 0 Å². The van der Waals surface area contributed by atoms with Crippen molar-refractivity contribution in [3.63, 3.8) is 0 Å². The molecule has 0 bridgehead atoms. The maximum Gasteiger partial charge on any atom is 0.134 e. The maximum absolute atomic E-state index is 11.0. The Bertz CT molecular complexity index is 189. The fourth-order valence-corrected chi connectivity index (χ4v) is 2.91. The van der Waals surface area contributed by atoms with E-state index in [1.807, 2.05) is 0 Å². The van der Waals surface area contributed by atoms with Crippen LogP contribution < -0.4 is 0 Å². The van der Waals surface area contributed by atoms with Crippen molar-refractivity contribution in [3.05, 3.63) is 0 Å². The smallest absolute Gasteiger partial charge is 0.134 e. The van der Waals surface area contributed by atoms with E-state index < -0.39 is 0 Å². The van der Waals surface area contributed by atoms with Gasteiger partial charge in [-0.05, 0) is 42.9 Å². The third kappa shape index (κ3) is 0.743. The first-order chi connectivity index (χ1) is 5.31. The summed E-state index contributed by atoms with van der Waals surface area (Å²) in [5.74, 6) is 2.46. The summed E-state index contributed by atoms with van der Waals surface area (Å²) in [6, 6.07) is 0. The van der Waals surface area contributed by atoms with Crippen LogP contribution in [0.25, 0.3) is 0 Å². The van der Waals surface area contributed by atoms with Crippen molar-refractivity contribution in [2.75, 3.05) is 0 Å². The molecule has 3 aliphatic carbocycles. The lowest BCUT2D eigenvalue weighted by Gasteiger charge is -2.41. The van der Waals surface area contributed by atoms with Crippen molar-refractivity contribution >= 4 is 5.78 Å². The van der Waals surface area contributed by atoms with Crippen LogP contribution in [-0.4, -0.2) is 5.78 Å². The molecule has 0 radical (unpaired) electrons. The monoisotopic (exact) mass is 150 g/mol. The Morgan fingerprint density at radius 3 is 1.73 bits per heavy atom. The van der Waals surface area contributed by atoms with E-state index in [1.54, 1.807) is 0 Å². The first-order valence-corrected chi connectivity index (χ1v) is 4.83. The number of hydrogen-bond acceptors (Lipinski definition) is 1. The second kappa shape index (κ2) is 1.70. The minimum absolute atomic E-state index is 0.531. The van der Waals surface area contributed by atoms with Crippen LogP contribution in [-0.2, 0) is 4.79 Å². The molecule has 3 saturated carbocycles. The van der Waals surface area contributed by atoms with Crippen LogP contribution in [0.5, 0.6) is 0 Å². The van der Waals surface area contributed by atoms with Gasteiger partial charge in [0, 0.05) is 12.8 Å². The van der Waals surface area contributed by atoms with Gasteiger partial charge in [-0.3, -0.25) is 4.79 Å². The van der Waals surface area contributed by atoms with Gasteiger partial charge in [0.25, 0.3) is 0 Å². The summed E-state index contributed by atoms with van der Waals surface area (Å²) in [6.45, 7) is 0. The molecule has 3 aliphatic rings. The molecular formula is C10H14O. The summed E-state index contributed by atoms with van der Waals surface area (Å²) >= 11 is 0. The van der Waals surface area contributed by atoms with Gasteiger partial charge >= 0.3 is 0 Å². The van der Waals surface area contributed by atoms with E-state index in [2.05, 4.69) is 0 Å². The van der Waals surface area contributed by atoms with Crippen LogP contribution in [0.1, 0.15) is 38.5 Å². The Morgan fingerprint density at radius 2 is 1.45 bits per heavy atom. The second-order valence-electron chi connectivity index (χ2n) is 4.67. The van der Waals surface area contributed by atoms with Crippen molar-refractivity contribution in [1.82, 2.24) is 0 Å². The zero-order chi connectivity index (χ0) is 7.47. The highest BCUT2D eigenvalue weighted by molar-refractivity contribution is 5.86. The molecule has 0 amide bonds. The Morgan fingerprint density at radius 1 is 1.00 bits per heavy atom. The van der Waals surface area contributed by atoms with Gasteiger partial charge in [-0.15, -0.1) is 0 Å². The topological polar surface area (TPSA) is 17.1 Å². The summed E-state index contributed by atoms with van der Waals surface area (Å²) in [6.07, 6.45) is 7.58. The minimum Gasteiger partial charge on any atom is -0.300 e. The normalized spacial score (nSPS) is 35.1. The van der Waals surface area contributed by atoms with Gasteiger partial charge in [0.1, 0.15) is 5.78 Å². The fraction of sp³-hybridized carbons (Fsp3) is 0.900. The lowest BCUT2D eigenvalue weighted by atomic mass is 9.61. The third-order valence-electron chi connectivity index (χ3n) is 3.83. The Balaban J connectivity index is 1.81. The number of rotatable bonds is 2. The summed E-state index contributed by atoms with van der Waals surface area (Å²) in [4.78, 5) is 11.0. The zero-order valence-corrected chi connectivity index (χ0v) is 6.81. The quantitative estimate of drug-likeness (QED) is 0.589. The molecule has 0 N–H and O–H groups in total. The first kappa shape index (κ1) is 6.22. The molecule has 3 fully saturated rings. The molecule has 11 heavy (non-hydrogen) atoms. The molecule has 0 aromatic heterocycles. The van der Waals surface area contributed by atoms with E-state index in [4.69, 9.17) is 0 Å². The average Bonchev–Trinajstić information content (AvgIpc) is 2.74. The van der Waals surface area contributed by atoms with Gasteiger partial charge in [0.2, 0.25) is 0 Å². The van der Waals surface area contributed by atoms with Gasteiger partial charge in [-0.25, -0.2) is 0 Å². The maximum atomic E-state index is 11.0. The highest BCUT2D eigenvalue weighted by atomic mass is 16.1. The van der Waals surface area contributed by atoms with Gasteiger partial charge in [-0.2, -0.15) is 0 Å². The predicted molar refractivity (Wildman–Crippen MR) is 42.1 cm³/mol. The largest absolute Gasteiger partial charge is 0.300 e. The zero-order valence-electron chi connectivity index (χ0n) is 6.81. The fourth-order valence-electron chi connectivity index (χ4n) is 2.91. The molecule has 0 heterocycles. The minimum atomic E-state index is 0.531. The molecule has 0 spiro atoms. The molecule has 60 valence electrons. The number of carbonyl (C=O) groups is 1. The van der Waals surface area contributed by atoms with Crippen LogP contribution >= 0.6 is 0 Å². The number of carbonyl (C=O) groups excluding carboxylic acids is 1. The summed E-state index contributed by atoms with van der Waals surface area (Å²) in [5, 5.41) is 0.